The van der Waals surface area contributed by atoms with Crippen molar-refractivity contribution in [2.45, 2.75) is 59.3 Å². The summed E-state index contributed by atoms with van der Waals surface area (Å²) in [6.07, 6.45) is 6.35. The first-order valence-corrected chi connectivity index (χ1v) is 7.27. The first-order chi connectivity index (χ1) is 9.33. The molecule has 0 aliphatic heterocycles. The lowest BCUT2D eigenvalue weighted by Gasteiger charge is -2.19. The average molecular weight is 274 g/mol. The highest BCUT2D eigenvalue weighted by atomic mass is 15.3. The third-order valence-corrected chi connectivity index (χ3v) is 3.17. The van der Waals surface area contributed by atoms with E-state index in [2.05, 4.69) is 74.1 Å². The molecule has 2 rings (SSSR count). The molecule has 0 amide bonds. The minimum absolute atomic E-state index is 0.151. The Hall–Kier alpha value is -1.55. The predicted molar refractivity (Wildman–Crippen MR) is 82.7 cm³/mol. The first-order valence-electron chi connectivity index (χ1n) is 7.27. The Bertz CT molecular complexity index is 543. The zero-order valence-corrected chi connectivity index (χ0v) is 13.2. The normalized spacial score (nSPS) is 12.3. The highest BCUT2D eigenvalue weighted by Crippen LogP contribution is 2.09. The van der Waals surface area contributed by atoms with E-state index in [1.165, 1.54) is 5.56 Å². The van der Waals surface area contributed by atoms with Crippen LogP contribution in [-0.4, -0.2) is 19.9 Å². The van der Waals surface area contributed by atoms with Gasteiger partial charge in [-0.2, -0.15) is 5.10 Å². The third-order valence-electron chi connectivity index (χ3n) is 3.17. The van der Waals surface area contributed by atoms with Gasteiger partial charge in [-0.1, -0.05) is 0 Å². The summed E-state index contributed by atoms with van der Waals surface area (Å²) < 4.78 is 4.19. The monoisotopic (exact) mass is 274 g/mol. The Balaban J connectivity index is 1.95. The van der Waals surface area contributed by atoms with Crippen LogP contribution in [0.25, 0.3) is 0 Å². The van der Waals surface area contributed by atoms with Gasteiger partial charge in [0.25, 0.3) is 0 Å². The van der Waals surface area contributed by atoms with E-state index in [0.29, 0.717) is 6.04 Å². The van der Waals surface area contributed by atoms with Crippen LogP contribution in [0.5, 0.6) is 0 Å². The summed E-state index contributed by atoms with van der Waals surface area (Å²) in [4.78, 5) is 0. The lowest BCUT2D eigenvalue weighted by atomic mass is 10.1. The van der Waals surface area contributed by atoms with Crippen LogP contribution in [0.2, 0.25) is 0 Å². The van der Waals surface area contributed by atoms with Crippen molar-refractivity contribution in [2.75, 3.05) is 0 Å². The van der Waals surface area contributed by atoms with Gasteiger partial charge in [0.15, 0.2) is 0 Å². The summed E-state index contributed by atoms with van der Waals surface area (Å²) in [6.45, 7) is 12.6. The zero-order chi connectivity index (χ0) is 14.8. The quantitative estimate of drug-likeness (QED) is 0.908. The molecule has 0 spiro atoms. The predicted octanol–water partition coefficient (Wildman–Crippen LogP) is 3.20. The van der Waals surface area contributed by atoms with Crippen LogP contribution in [0.3, 0.4) is 0 Å². The molecule has 2 aromatic heterocycles. The molecule has 4 nitrogen and oxygen atoms in total. The summed E-state index contributed by atoms with van der Waals surface area (Å²) in [5.74, 6) is 0. The van der Waals surface area contributed by atoms with Crippen molar-refractivity contribution in [1.82, 2.24) is 19.7 Å². The van der Waals surface area contributed by atoms with E-state index in [0.717, 1.165) is 18.8 Å². The molecule has 0 aliphatic carbocycles. The van der Waals surface area contributed by atoms with Crippen molar-refractivity contribution in [3.8, 4) is 0 Å². The summed E-state index contributed by atoms with van der Waals surface area (Å²) in [5, 5.41) is 8.08. The largest absolute Gasteiger partial charge is 0.348 e. The summed E-state index contributed by atoms with van der Waals surface area (Å²) in [5.41, 5.74) is 2.56. The number of nitrogens with one attached hydrogen (secondary N) is 1. The van der Waals surface area contributed by atoms with Crippen LogP contribution in [-0.2, 0) is 13.1 Å². The Morgan fingerprint density at radius 1 is 1.20 bits per heavy atom. The van der Waals surface area contributed by atoms with E-state index in [-0.39, 0.29) is 5.54 Å². The maximum Gasteiger partial charge on any atom is 0.0821 e. The summed E-state index contributed by atoms with van der Waals surface area (Å²) >= 11 is 0. The van der Waals surface area contributed by atoms with Gasteiger partial charge in [-0.05, 0) is 52.3 Å². The minimum atomic E-state index is 0.151. The highest BCUT2D eigenvalue weighted by molar-refractivity contribution is 5.12. The Kier molecular flexibility index (Phi) is 4.33. The fraction of sp³-hybridized carbons (Fsp3) is 0.562. The molecule has 0 saturated heterocycles. The standard InChI is InChI=1S/C16H26N4/c1-13(2)20-9-7-15(18-20)12-19-8-6-14(11-19)10-17-16(3,4)5/h6-9,11,13,17H,10,12H2,1-5H3. The number of rotatable bonds is 5. The van der Waals surface area contributed by atoms with E-state index < -0.39 is 0 Å². The van der Waals surface area contributed by atoms with Gasteiger partial charge in [0.2, 0.25) is 0 Å². The summed E-state index contributed by atoms with van der Waals surface area (Å²) in [6, 6.07) is 4.67. The van der Waals surface area contributed by atoms with Gasteiger partial charge in [-0.25, -0.2) is 0 Å². The molecule has 4 heteroatoms. The van der Waals surface area contributed by atoms with Crippen molar-refractivity contribution in [3.05, 3.63) is 42.0 Å². The molecule has 0 aliphatic rings. The maximum absolute atomic E-state index is 4.58. The lowest BCUT2D eigenvalue weighted by Crippen LogP contribution is -2.34. The number of aromatic nitrogens is 3. The molecular weight excluding hydrogens is 248 g/mol. The number of nitrogens with zero attached hydrogens (tertiary/aromatic N) is 3. The fourth-order valence-electron chi connectivity index (χ4n) is 2.00. The molecule has 0 aromatic carbocycles. The van der Waals surface area contributed by atoms with Crippen molar-refractivity contribution in [1.29, 1.82) is 0 Å². The van der Waals surface area contributed by atoms with E-state index in [1.54, 1.807) is 0 Å². The van der Waals surface area contributed by atoms with Crippen LogP contribution in [0.4, 0.5) is 0 Å². The van der Waals surface area contributed by atoms with Gasteiger partial charge < -0.3 is 9.88 Å². The molecular formula is C16H26N4. The molecule has 0 saturated carbocycles. The molecule has 0 atom stereocenters. The van der Waals surface area contributed by atoms with E-state index in [9.17, 15) is 0 Å². The SMILES string of the molecule is CC(C)n1ccc(Cn2ccc(CNC(C)(C)C)c2)n1. The molecule has 2 heterocycles. The smallest absolute Gasteiger partial charge is 0.0821 e. The number of hydrogen-bond acceptors (Lipinski definition) is 2. The van der Waals surface area contributed by atoms with Crippen molar-refractivity contribution >= 4 is 0 Å². The number of hydrogen-bond donors (Lipinski definition) is 1. The second-order valence-electron chi connectivity index (χ2n) is 6.68. The van der Waals surface area contributed by atoms with Gasteiger partial charge in [-0.15, -0.1) is 0 Å². The minimum Gasteiger partial charge on any atom is -0.348 e. The van der Waals surface area contributed by atoms with E-state index >= 15 is 0 Å². The zero-order valence-electron chi connectivity index (χ0n) is 13.2. The van der Waals surface area contributed by atoms with Crippen LogP contribution in [0, 0.1) is 0 Å². The fourth-order valence-corrected chi connectivity index (χ4v) is 2.00. The molecule has 0 unspecified atom stereocenters. The van der Waals surface area contributed by atoms with Crippen molar-refractivity contribution in [2.24, 2.45) is 0 Å². The van der Waals surface area contributed by atoms with Crippen LogP contribution < -0.4 is 5.32 Å². The molecule has 2 aromatic rings. The molecule has 110 valence electrons. The van der Waals surface area contributed by atoms with E-state index in [4.69, 9.17) is 0 Å². The van der Waals surface area contributed by atoms with Gasteiger partial charge in [0, 0.05) is 36.7 Å². The highest BCUT2D eigenvalue weighted by Gasteiger charge is 2.09. The van der Waals surface area contributed by atoms with Crippen LogP contribution >= 0.6 is 0 Å². The lowest BCUT2D eigenvalue weighted by molar-refractivity contribution is 0.424. The van der Waals surface area contributed by atoms with Crippen LogP contribution in [0.15, 0.2) is 30.7 Å². The third kappa shape index (κ3) is 4.23. The second kappa shape index (κ2) is 5.83. The molecule has 1 N–H and O–H groups in total. The van der Waals surface area contributed by atoms with Gasteiger partial charge in [0.1, 0.15) is 0 Å². The molecule has 0 bridgehead atoms. The maximum atomic E-state index is 4.58. The average Bonchev–Trinajstić information content (AvgIpc) is 2.95. The Morgan fingerprint density at radius 3 is 2.55 bits per heavy atom. The second-order valence-corrected chi connectivity index (χ2v) is 6.68. The Morgan fingerprint density at radius 2 is 1.95 bits per heavy atom. The van der Waals surface area contributed by atoms with Gasteiger partial charge in [-0.3, -0.25) is 4.68 Å². The van der Waals surface area contributed by atoms with Crippen LogP contribution in [0.1, 0.15) is 51.9 Å². The summed E-state index contributed by atoms with van der Waals surface area (Å²) in [7, 11) is 0. The first kappa shape index (κ1) is 14.9. The molecule has 0 radical (unpaired) electrons. The molecule has 0 fully saturated rings. The van der Waals surface area contributed by atoms with Gasteiger partial charge >= 0.3 is 0 Å². The van der Waals surface area contributed by atoms with Crippen molar-refractivity contribution in [3.63, 3.8) is 0 Å². The van der Waals surface area contributed by atoms with E-state index in [1.807, 2.05) is 10.9 Å². The van der Waals surface area contributed by atoms with Crippen molar-refractivity contribution < 1.29 is 0 Å². The Labute approximate surface area is 121 Å². The van der Waals surface area contributed by atoms with Gasteiger partial charge in [0.05, 0.1) is 12.2 Å². The molecule has 20 heavy (non-hydrogen) atoms. The topological polar surface area (TPSA) is 34.8 Å².